The van der Waals surface area contributed by atoms with Gasteiger partial charge in [0.1, 0.15) is 0 Å². The second-order valence-corrected chi connectivity index (χ2v) is 3.47. The third kappa shape index (κ3) is 2.05. The van der Waals surface area contributed by atoms with Crippen LogP contribution in [0, 0.1) is 5.82 Å². The quantitative estimate of drug-likeness (QED) is 0.812. The van der Waals surface area contributed by atoms with Gasteiger partial charge in [-0.15, -0.1) is 0 Å². The Kier molecular flexibility index (Phi) is 3.80. The number of halogens is 1. The molecule has 1 aromatic carbocycles. The maximum atomic E-state index is 13.6. The van der Waals surface area contributed by atoms with E-state index in [-0.39, 0.29) is 5.82 Å². The first-order chi connectivity index (χ1) is 6.24. The summed E-state index contributed by atoms with van der Waals surface area (Å²) in [5.74, 6) is 0.0848. The van der Waals surface area contributed by atoms with Crippen LogP contribution in [0.3, 0.4) is 0 Å². The van der Waals surface area contributed by atoms with Gasteiger partial charge in [0.2, 0.25) is 0 Å². The van der Waals surface area contributed by atoms with E-state index in [1.807, 2.05) is 17.4 Å². The molecular formula is C10H11FOW. The molecular weight excluding hydrogens is 339 g/mol. The van der Waals surface area contributed by atoms with Gasteiger partial charge in [-0.05, 0) is 0 Å². The van der Waals surface area contributed by atoms with E-state index in [0.717, 1.165) is 12.0 Å². The third-order valence-electron chi connectivity index (χ3n) is 1.95. The Labute approximate surface area is 88.3 Å². The molecule has 70 valence electrons. The molecule has 1 aromatic rings. The molecule has 0 unspecified atom stereocenters. The van der Waals surface area contributed by atoms with Crippen molar-refractivity contribution in [3.63, 3.8) is 0 Å². The molecule has 0 amide bonds. The molecule has 0 radical (unpaired) electrons. The Bertz CT molecular complexity index is 323. The second kappa shape index (κ2) is 4.66. The van der Waals surface area contributed by atoms with Crippen LogP contribution in [0.25, 0.3) is 0 Å². The predicted octanol–water partition coefficient (Wildman–Crippen LogP) is 2.09. The summed E-state index contributed by atoms with van der Waals surface area (Å²) in [5, 5.41) is 0. The second-order valence-electron chi connectivity index (χ2n) is 2.63. The van der Waals surface area contributed by atoms with Gasteiger partial charge in [-0.3, -0.25) is 0 Å². The predicted molar refractivity (Wildman–Crippen MR) is 47.5 cm³/mol. The Hall–Kier alpha value is -0.492. The van der Waals surface area contributed by atoms with Crippen molar-refractivity contribution in [2.45, 2.75) is 13.3 Å². The van der Waals surface area contributed by atoms with Gasteiger partial charge in [0, 0.05) is 0 Å². The number of rotatable bonds is 3. The first kappa shape index (κ1) is 10.6. The fourth-order valence-corrected chi connectivity index (χ4v) is 2.12. The Morgan fingerprint density at radius 1 is 1.54 bits per heavy atom. The number of benzene rings is 1. The fraction of sp³-hybridized carbons (Fsp3) is 0.300. The van der Waals surface area contributed by atoms with Crippen LogP contribution in [0.15, 0.2) is 12.1 Å². The molecule has 0 spiro atoms. The first-order valence-electron chi connectivity index (χ1n) is 4.05. The van der Waals surface area contributed by atoms with Crippen molar-refractivity contribution in [2.75, 3.05) is 7.11 Å². The summed E-state index contributed by atoms with van der Waals surface area (Å²) in [5.41, 5.74) is 1.73. The number of hydrogen-bond donors (Lipinski definition) is 0. The topological polar surface area (TPSA) is 9.23 Å². The normalized spacial score (nSPS) is 9.77. The molecule has 1 nitrogen and oxygen atoms in total. The summed E-state index contributed by atoms with van der Waals surface area (Å²) in [6, 6.07) is 3.59. The average Bonchev–Trinajstić information content (AvgIpc) is 2.17. The van der Waals surface area contributed by atoms with Crippen LogP contribution in [0.4, 0.5) is 4.39 Å². The van der Waals surface area contributed by atoms with Crippen molar-refractivity contribution in [1.82, 2.24) is 0 Å². The molecule has 0 atom stereocenters. The zero-order valence-electron chi connectivity index (χ0n) is 7.63. The van der Waals surface area contributed by atoms with E-state index in [0.29, 0.717) is 11.3 Å². The van der Waals surface area contributed by atoms with Gasteiger partial charge in [0.25, 0.3) is 0 Å². The van der Waals surface area contributed by atoms with E-state index in [1.54, 1.807) is 6.07 Å². The zero-order valence-corrected chi connectivity index (χ0v) is 10.6. The molecule has 0 bridgehead atoms. The standard InChI is InChI=1S/C10H11FO.W/c1-4-8-5-6-9(12-3)10(11)7(8)2;/h2,5-6H,4H2,1,3H3;. The van der Waals surface area contributed by atoms with Crippen molar-refractivity contribution in [3.05, 3.63) is 29.1 Å². The number of hydrogen-bond acceptors (Lipinski definition) is 1. The van der Waals surface area contributed by atoms with E-state index >= 15 is 0 Å². The number of aryl methyl sites for hydroxylation is 1. The van der Waals surface area contributed by atoms with Gasteiger partial charge in [0.05, 0.1) is 0 Å². The van der Waals surface area contributed by atoms with Gasteiger partial charge in [-0.1, -0.05) is 0 Å². The van der Waals surface area contributed by atoms with Crippen molar-refractivity contribution >= 4 is 4.40 Å². The van der Waals surface area contributed by atoms with Crippen molar-refractivity contribution < 1.29 is 28.5 Å². The van der Waals surface area contributed by atoms with E-state index in [9.17, 15) is 4.39 Å². The molecule has 0 aliphatic rings. The molecule has 1 rings (SSSR count). The van der Waals surface area contributed by atoms with Crippen LogP contribution in [-0.2, 0) is 25.8 Å². The molecule has 0 heterocycles. The van der Waals surface area contributed by atoms with Crippen molar-refractivity contribution in [1.29, 1.82) is 0 Å². The van der Waals surface area contributed by atoms with Crippen molar-refractivity contribution in [3.8, 4) is 5.75 Å². The molecule has 0 N–H and O–H groups in total. The van der Waals surface area contributed by atoms with Crippen LogP contribution in [0.1, 0.15) is 18.1 Å². The van der Waals surface area contributed by atoms with E-state index in [1.165, 1.54) is 26.5 Å². The van der Waals surface area contributed by atoms with Gasteiger partial charge in [0.15, 0.2) is 0 Å². The minimum atomic E-state index is -0.239. The molecule has 0 saturated heterocycles. The van der Waals surface area contributed by atoms with Crippen LogP contribution in [0.2, 0.25) is 0 Å². The van der Waals surface area contributed by atoms with Crippen molar-refractivity contribution in [2.24, 2.45) is 0 Å². The summed E-state index contributed by atoms with van der Waals surface area (Å²) >= 11 is 1.25. The molecule has 0 saturated carbocycles. The van der Waals surface area contributed by atoms with E-state index in [4.69, 9.17) is 4.74 Å². The Morgan fingerprint density at radius 3 is 2.69 bits per heavy atom. The molecule has 13 heavy (non-hydrogen) atoms. The van der Waals surface area contributed by atoms with Crippen LogP contribution < -0.4 is 4.74 Å². The molecule has 0 aliphatic carbocycles. The maximum absolute atomic E-state index is 13.6. The monoisotopic (exact) mass is 350 g/mol. The number of methoxy groups -OCH3 is 1. The van der Waals surface area contributed by atoms with E-state index in [2.05, 4.69) is 0 Å². The van der Waals surface area contributed by atoms with Gasteiger partial charge in [-0.25, -0.2) is 0 Å². The summed E-state index contributed by atoms with van der Waals surface area (Å²) in [7, 11) is 1.48. The summed E-state index contributed by atoms with van der Waals surface area (Å²) in [6.45, 7) is 2.02. The van der Waals surface area contributed by atoms with E-state index < -0.39 is 0 Å². The Morgan fingerprint density at radius 2 is 2.23 bits per heavy atom. The van der Waals surface area contributed by atoms with Crippen LogP contribution in [-0.4, -0.2) is 11.5 Å². The molecule has 0 fully saturated rings. The minimum absolute atomic E-state index is 0.239. The summed E-state index contributed by atoms with van der Waals surface area (Å²) < 4.78 is 20.3. The zero-order chi connectivity index (χ0) is 9.84. The van der Waals surface area contributed by atoms with Crippen LogP contribution in [0.5, 0.6) is 5.75 Å². The van der Waals surface area contributed by atoms with Gasteiger partial charge >= 0.3 is 88.2 Å². The number of ether oxygens (including phenoxy) is 1. The summed E-state index contributed by atoms with van der Waals surface area (Å²) in [4.78, 5) is 0. The molecule has 0 aliphatic heterocycles. The van der Waals surface area contributed by atoms with Crippen LogP contribution >= 0.6 is 0 Å². The average molecular weight is 350 g/mol. The fourth-order valence-electron chi connectivity index (χ4n) is 1.21. The van der Waals surface area contributed by atoms with Gasteiger partial charge < -0.3 is 0 Å². The summed E-state index contributed by atoms with van der Waals surface area (Å²) in [6.07, 6.45) is 0.847. The third-order valence-corrected chi connectivity index (χ3v) is 2.80. The molecule has 0 aromatic heterocycles. The SMILES string of the molecule is CCc1ccc(OC)c(F)c1[CH]=[W]. The van der Waals surface area contributed by atoms with Gasteiger partial charge in [-0.2, -0.15) is 0 Å². The molecule has 3 heteroatoms. The first-order valence-corrected chi connectivity index (χ1v) is 5.74. The Balaban J connectivity index is 3.31.